The van der Waals surface area contributed by atoms with Crippen molar-refractivity contribution in [3.05, 3.63) is 42.1 Å². The number of anilines is 4. The Labute approximate surface area is 209 Å². The van der Waals surface area contributed by atoms with Crippen LogP contribution in [0.4, 0.5) is 22.9 Å². The van der Waals surface area contributed by atoms with E-state index in [-0.39, 0.29) is 11.8 Å². The first-order valence-corrected chi connectivity index (χ1v) is 13.7. The molecule has 1 N–H and O–H groups in total. The second-order valence-electron chi connectivity index (χ2n) is 11.0. The maximum atomic E-state index is 14.0. The van der Waals surface area contributed by atoms with E-state index >= 15 is 0 Å². The third-order valence-corrected chi connectivity index (χ3v) is 8.58. The molecule has 0 spiro atoms. The molecule has 4 aliphatic rings. The van der Waals surface area contributed by atoms with E-state index in [1.807, 2.05) is 17.2 Å². The molecule has 1 aromatic heterocycles. The van der Waals surface area contributed by atoms with Crippen LogP contribution >= 0.6 is 0 Å². The summed E-state index contributed by atoms with van der Waals surface area (Å²) in [6, 6.07) is 10.6. The van der Waals surface area contributed by atoms with Gasteiger partial charge in [-0.15, -0.1) is 0 Å². The van der Waals surface area contributed by atoms with Crippen molar-refractivity contribution in [1.82, 2.24) is 4.98 Å². The van der Waals surface area contributed by atoms with Gasteiger partial charge in [0.25, 0.3) is 0 Å². The summed E-state index contributed by atoms with van der Waals surface area (Å²) in [5, 5.41) is 3.53. The summed E-state index contributed by atoms with van der Waals surface area (Å²) < 4.78 is 6.07. The molecular formula is C29H38N4O2. The van der Waals surface area contributed by atoms with Crippen molar-refractivity contribution in [2.24, 2.45) is 11.8 Å². The minimum Gasteiger partial charge on any atom is -0.371 e. The number of rotatable bonds is 5. The third-order valence-electron chi connectivity index (χ3n) is 8.58. The minimum absolute atomic E-state index is 0.113. The highest BCUT2D eigenvalue weighted by Gasteiger charge is 2.36. The Morgan fingerprint density at radius 2 is 1.89 bits per heavy atom. The summed E-state index contributed by atoms with van der Waals surface area (Å²) in [7, 11) is 0. The molecule has 0 radical (unpaired) electrons. The lowest BCUT2D eigenvalue weighted by Crippen LogP contribution is -2.42. The minimum atomic E-state index is 0.113. The van der Waals surface area contributed by atoms with Crippen LogP contribution in [-0.4, -0.2) is 36.2 Å². The number of carbonyl (C=O) groups excluding carboxylic acids is 1. The van der Waals surface area contributed by atoms with Gasteiger partial charge in [-0.1, -0.05) is 32.3 Å². The van der Waals surface area contributed by atoms with Gasteiger partial charge in [0, 0.05) is 36.5 Å². The van der Waals surface area contributed by atoms with Crippen molar-refractivity contribution in [3.8, 4) is 0 Å². The Morgan fingerprint density at radius 1 is 1.09 bits per heavy atom. The van der Waals surface area contributed by atoms with Crippen LogP contribution in [0.25, 0.3) is 0 Å². The van der Waals surface area contributed by atoms with Gasteiger partial charge in [-0.05, 0) is 68.7 Å². The van der Waals surface area contributed by atoms with E-state index in [0.29, 0.717) is 18.8 Å². The SMILES string of the molecule is CCCCC1CCC(C(=O)N2Cc3cccnc3Nc3ccc(N4CC5CCC(C4)O5)cc32)CC1. The van der Waals surface area contributed by atoms with Crippen LogP contribution < -0.4 is 15.1 Å². The number of carbonyl (C=O) groups is 1. The first-order valence-electron chi connectivity index (χ1n) is 13.7. The van der Waals surface area contributed by atoms with Gasteiger partial charge >= 0.3 is 0 Å². The second-order valence-corrected chi connectivity index (χ2v) is 11.0. The molecular weight excluding hydrogens is 436 g/mol. The molecule has 1 saturated carbocycles. The fourth-order valence-corrected chi connectivity index (χ4v) is 6.54. The standard InChI is InChI=1S/C29H38N4O2/c1-2-3-5-20-7-9-21(10-8-20)29(34)33-17-22-6-4-15-30-28(22)31-26-14-11-23(16-27(26)33)32-18-24-12-13-25(19-32)35-24/h4,6,11,14-16,20-21,24-25H,2-3,5,7-10,12-13,17-19H2,1H3,(H,30,31). The maximum absolute atomic E-state index is 14.0. The molecule has 2 saturated heterocycles. The second kappa shape index (κ2) is 9.81. The highest BCUT2D eigenvalue weighted by Crippen LogP contribution is 2.41. The average Bonchev–Trinajstić information content (AvgIpc) is 3.14. The number of unbranched alkanes of at least 4 members (excludes halogenated alkanes) is 1. The van der Waals surface area contributed by atoms with E-state index in [0.717, 1.165) is 67.4 Å². The van der Waals surface area contributed by atoms with Crippen molar-refractivity contribution < 1.29 is 9.53 Å². The number of aromatic nitrogens is 1. The number of nitrogens with one attached hydrogen (secondary N) is 1. The van der Waals surface area contributed by atoms with Crippen LogP contribution in [0.1, 0.15) is 70.3 Å². The summed E-state index contributed by atoms with van der Waals surface area (Å²) in [5.74, 6) is 2.04. The molecule has 1 amide bonds. The molecule has 2 aromatic rings. The van der Waals surface area contributed by atoms with Crippen LogP contribution in [0, 0.1) is 11.8 Å². The highest BCUT2D eigenvalue weighted by atomic mass is 16.5. The summed E-state index contributed by atoms with van der Waals surface area (Å²) in [6.07, 6.45) is 13.1. The summed E-state index contributed by atoms with van der Waals surface area (Å²) in [6.45, 7) is 4.69. The van der Waals surface area contributed by atoms with Crippen LogP contribution in [0.3, 0.4) is 0 Å². The number of pyridine rings is 1. The molecule has 6 nitrogen and oxygen atoms in total. The lowest BCUT2D eigenvalue weighted by Gasteiger charge is -2.35. The van der Waals surface area contributed by atoms with Gasteiger partial charge in [0.2, 0.25) is 5.91 Å². The third kappa shape index (κ3) is 4.65. The van der Waals surface area contributed by atoms with Crippen molar-refractivity contribution in [3.63, 3.8) is 0 Å². The number of fused-ring (bicyclic) bond motifs is 4. The molecule has 6 heteroatoms. The van der Waals surface area contributed by atoms with Crippen molar-refractivity contribution >= 4 is 28.8 Å². The zero-order valence-electron chi connectivity index (χ0n) is 20.9. The number of hydrogen-bond acceptors (Lipinski definition) is 5. The maximum Gasteiger partial charge on any atom is 0.230 e. The molecule has 3 aliphatic heterocycles. The lowest BCUT2D eigenvalue weighted by atomic mass is 9.79. The Hall–Kier alpha value is -2.60. The molecule has 1 aliphatic carbocycles. The molecule has 2 atom stereocenters. The van der Waals surface area contributed by atoms with Crippen molar-refractivity contribution in [2.45, 2.75) is 83.5 Å². The van der Waals surface area contributed by atoms with Crippen LogP contribution in [0.5, 0.6) is 0 Å². The van der Waals surface area contributed by atoms with Crippen molar-refractivity contribution in [1.29, 1.82) is 0 Å². The van der Waals surface area contributed by atoms with E-state index in [1.165, 1.54) is 37.8 Å². The Kier molecular flexibility index (Phi) is 6.40. The molecule has 6 rings (SSSR count). The predicted molar refractivity (Wildman–Crippen MR) is 140 cm³/mol. The highest BCUT2D eigenvalue weighted by molar-refractivity contribution is 6.00. The van der Waals surface area contributed by atoms with E-state index in [9.17, 15) is 4.79 Å². The van der Waals surface area contributed by atoms with Gasteiger partial charge < -0.3 is 19.9 Å². The Balaban J connectivity index is 1.28. The number of benzene rings is 1. The number of ether oxygens (including phenoxy) is 1. The van der Waals surface area contributed by atoms with E-state index in [2.05, 4.69) is 46.4 Å². The zero-order valence-corrected chi connectivity index (χ0v) is 20.9. The van der Waals surface area contributed by atoms with Gasteiger partial charge in [0.05, 0.1) is 30.1 Å². The molecule has 186 valence electrons. The van der Waals surface area contributed by atoms with E-state index < -0.39 is 0 Å². The van der Waals surface area contributed by atoms with Crippen LogP contribution in [0.15, 0.2) is 36.5 Å². The molecule has 4 heterocycles. The molecule has 1 aromatic carbocycles. The zero-order chi connectivity index (χ0) is 23.8. The monoisotopic (exact) mass is 474 g/mol. The van der Waals surface area contributed by atoms with Crippen LogP contribution in [0.2, 0.25) is 0 Å². The van der Waals surface area contributed by atoms with Gasteiger partial charge in [0.1, 0.15) is 5.82 Å². The predicted octanol–water partition coefficient (Wildman–Crippen LogP) is 6.04. The first kappa shape index (κ1) is 22.8. The smallest absolute Gasteiger partial charge is 0.230 e. The summed E-state index contributed by atoms with van der Waals surface area (Å²) >= 11 is 0. The lowest BCUT2D eigenvalue weighted by molar-refractivity contribution is -0.123. The van der Waals surface area contributed by atoms with Crippen molar-refractivity contribution in [2.75, 3.05) is 28.2 Å². The normalized spacial score (nSPS) is 27.6. The quantitative estimate of drug-likeness (QED) is 0.573. The molecule has 2 bridgehead atoms. The Morgan fingerprint density at radius 3 is 2.66 bits per heavy atom. The fraction of sp³-hybridized carbons (Fsp3) is 0.586. The first-order chi connectivity index (χ1) is 17.2. The summed E-state index contributed by atoms with van der Waals surface area (Å²) in [4.78, 5) is 23.1. The van der Waals surface area contributed by atoms with Gasteiger partial charge in [-0.25, -0.2) is 4.98 Å². The van der Waals surface area contributed by atoms with Gasteiger partial charge in [-0.3, -0.25) is 4.79 Å². The molecule has 2 unspecified atom stereocenters. The largest absolute Gasteiger partial charge is 0.371 e. The molecule has 3 fully saturated rings. The summed E-state index contributed by atoms with van der Waals surface area (Å²) in [5.41, 5.74) is 4.20. The van der Waals surface area contributed by atoms with Gasteiger partial charge in [0.15, 0.2) is 0 Å². The number of morpholine rings is 1. The van der Waals surface area contributed by atoms with Crippen LogP contribution in [-0.2, 0) is 16.1 Å². The number of hydrogen-bond donors (Lipinski definition) is 1. The van der Waals surface area contributed by atoms with Gasteiger partial charge in [-0.2, -0.15) is 0 Å². The average molecular weight is 475 g/mol. The Bertz CT molecular complexity index is 1050. The van der Waals surface area contributed by atoms with E-state index in [1.54, 1.807) is 0 Å². The number of nitrogens with zero attached hydrogens (tertiary/aromatic N) is 3. The number of amides is 1. The topological polar surface area (TPSA) is 57.7 Å². The fourth-order valence-electron chi connectivity index (χ4n) is 6.54. The molecule has 35 heavy (non-hydrogen) atoms. The van der Waals surface area contributed by atoms with E-state index in [4.69, 9.17) is 4.74 Å².